The predicted molar refractivity (Wildman–Crippen MR) is 172 cm³/mol. The van der Waals surface area contributed by atoms with Gasteiger partial charge >= 0.3 is 0 Å². The number of hydrogen-bond donors (Lipinski definition) is 1. The van der Waals surface area contributed by atoms with Gasteiger partial charge in [-0.2, -0.15) is 4.98 Å². The van der Waals surface area contributed by atoms with Crippen LogP contribution in [0.1, 0.15) is 42.6 Å². The van der Waals surface area contributed by atoms with Crippen LogP contribution >= 0.6 is 11.6 Å². The molecule has 0 aliphatic carbocycles. The van der Waals surface area contributed by atoms with Crippen LogP contribution in [-0.2, 0) is 6.54 Å². The van der Waals surface area contributed by atoms with Gasteiger partial charge in [0, 0.05) is 56.9 Å². The van der Waals surface area contributed by atoms with E-state index in [2.05, 4.69) is 57.6 Å². The molecule has 5 aromatic rings. The molecule has 0 spiro atoms. The Bertz CT molecular complexity index is 1820. The van der Waals surface area contributed by atoms with Crippen molar-refractivity contribution in [2.45, 2.75) is 46.1 Å². The van der Waals surface area contributed by atoms with Crippen LogP contribution in [0.4, 0.5) is 11.6 Å². The van der Waals surface area contributed by atoms with Crippen molar-refractivity contribution >= 4 is 34.3 Å². The molecule has 1 aliphatic rings. The van der Waals surface area contributed by atoms with E-state index >= 15 is 0 Å². The molecule has 2 aromatic carbocycles. The normalized spacial score (nSPS) is 14.4. The monoisotopic (exact) mass is 578 g/mol. The van der Waals surface area contributed by atoms with Crippen molar-refractivity contribution < 1.29 is 0 Å². The van der Waals surface area contributed by atoms with Crippen molar-refractivity contribution in [1.82, 2.24) is 24.4 Å². The number of anilines is 2. The first-order valence-corrected chi connectivity index (χ1v) is 14.9. The van der Waals surface area contributed by atoms with Crippen LogP contribution in [0.2, 0.25) is 5.02 Å². The number of fused-ring (bicyclic) bond motifs is 1. The van der Waals surface area contributed by atoms with Crippen molar-refractivity contribution in [2.24, 2.45) is 0 Å². The molecule has 4 heterocycles. The largest absolute Gasteiger partial charge is 0.324 e. The van der Waals surface area contributed by atoms with Gasteiger partial charge in [-0.1, -0.05) is 41.9 Å². The van der Waals surface area contributed by atoms with Crippen molar-refractivity contribution in [3.05, 3.63) is 99.2 Å². The Hall–Kier alpha value is -4.07. The van der Waals surface area contributed by atoms with Crippen LogP contribution in [0.15, 0.2) is 71.7 Å². The quantitative estimate of drug-likeness (QED) is 0.227. The Morgan fingerprint density at radius 3 is 2.36 bits per heavy atom. The minimum Gasteiger partial charge on any atom is -0.324 e. The predicted octanol–water partition coefficient (Wildman–Crippen LogP) is 7.36. The standard InChI is InChI=1S/C34H35ClN6O/c1-5-41-32-26(20-36-34(39-32)38-27-10-7-23(8-11-27)24-14-16-40(4)17-15-24)18-30(33(41)42)29-13-9-25(19-31(29)35)28-12-6-21(2)37-22(28)3/h6-13,18-20,24H,5,14-17H2,1-4H3,(H,36,38,39). The molecule has 0 unspecified atom stereocenters. The summed E-state index contributed by atoms with van der Waals surface area (Å²) in [7, 11) is 2.18. The van der Waals surface area contributed by atoms with Crippen molar-refractivity contribution in [3.63, 3.8) is 0 Å². The molecule has 0 radical (unpaired) electrons. The smallest absolute Gasteiger partial charge is 0.260 e. The fourth-order valence-corrected chi connectivity index (χ4v) is 6.19. The number of benzene rings is 2. The Morgan fingerprint density at radius 1 is 0.929 bits per heavy atom. The molecule has 6 rings (SSSR count). The lowest BCUT2D eigenvalue weighted by Crippen LogP contribution is -2.29. The number of aromatic nitrogens is 4. The minimum absolute atomic E-state index is 0.139. The van der Waals surface area contributed by atoms with Crippen molar-refractivity contribution in [2.75, 3.05) is 25.5 Å². The highest BCUT2D eigenvalue weighted by Crippen LogP contribution is 2.33. The van der Waals surface area contributed by atoms with Crippen LogP contribution < -0.4 is 10.9 Å². The highest BCUT2D eigenvalue weighted by atomic mass is 35.5. The lowest BCUT2D eigenvalue weighted by Gasteiger charge is -2.29. The lowest BCUT2D eigenvalue weighted by molar-refractivity contribution is 0.255. The van der Waals surface area contributed by atoms with Gasteiger partial charge in [0.2, 0.25) is 5.95 Å². The van der Waals surface area contributed by atoms with Gasteiger partial charge in [-0.3, -0.25) is 14.3 Å². The molecule has 0 amide bonds. The molecule has 42 heavy (non-hydrogen) atoms. The van der Waals surface area contributed by atoms with Crippen LogP contribution in [-0.4, -0.2) is 44.6 Å². The lowest BCUT2D eigenvalue weighted by atomic mass is 9.89. The maximum atomic E-state index is 13.7. The van der Waals surface area contributed by atoms with Gasteiger partial charge in [0.25, 0.3) is 5.56 Å². The zero-order valence-electron chi connectivity index (χ0n) is 24.5. The SMILES string of the molecule is CCn1c(=O)c(-c2ccc(-c3ccc(C)nc3C)cc2Cl)cc2cnc(Nc3ccc(C4CCN(C)CC4)cc3)nc21. The topological polar surface area (TPSA) is 75.9 Å². The number of halogens is 1. The van der Waals surface area contributed by atoms with E-state index in [0.717, 1.165) is 46.7 Å². The third kappa shape index (κ3) is 5.54. The first kappa shape index (κ1) is 28.1. The highest BCUT2D eigenvalue weighted by Gasteiger charge is 2.19. The molecular formula is C34H35ClN6O. The molecule has 0 atom stereocenters. The molecule has 1 aliphatic heterocycles. The van der Waals surface area contributed by atoms with E-state index in [-0.39, 0.29) is 5.56 Å². The summed E-state index contributed by atoms with van der Waals surface area (Å²) in [6.45, 7) is 8.65. The molecule has 8 heteroatoms. The summed E-state index contributed by atoms with van der Waals surface area (Å²) in [6.07, 6.45) is 4.13. The number of aryl methyl sites for hydroxylation is 3. The first-order chi connectivity index (χ1) is 20.3. The van der Waals surface area contributed by atoms with Gasteiger partial charge in [0.05, 0.1) is 0 Å². The molecule has 0 bridgehead atoms. The molecule has 7 nitrogen and oxygen atoms in total. The van der Waals surface area contributed by atoms with E-state index in [1.54, 1.807) is 10.8 Å². The minimum atomic E-state index is -0.139. The van der Waals surface area contributed by atoms with Gasteiger partial charge in [0.15, 0.2) is 0 Å². The maximum Gasteiger partial charge on any atom is 0.260 e. The van der Waals surface area contributed by atoms with E-state index < -0.39 is 0 Å². The van der Waals surface area contributed by atoms with Gasteiger partial charge in [-0.25, -0.2) is 4.98 Å². The number of piperidine rings is 1. The molecule has 0 saturated carbocycles. The number of hydrogen-bond acceptors (Lipinski definition) is 6. The van der Waals surface area contributed by atoms with E-state index in [1.807, 2.05) is 51.1 Å². The third-order valence-corrected chi connectivity index (χ3v) is 8.61. The molecule has 214 valence electrons. The van der Waals surface area contributed by atoms with E-state index in [9.17, 15) is 4.79 Å². The third-order valence-electron chi connectivity index (χ3n) is 8.30. The van der Waals surface area contributed by atoms with E-state index in [1.165, 1.54) is 18.4 Å². The zero-order chi connectivity index (χ0) is 29.4. The Labute approximate surface area is 251 Å². The summed E-state index contributed by atoms with van der Waals surface area (Å²) in [5.41, 5.74) is 7.82. The zero-order valence-corrected chi connectivity index (χ0v) is 25.2. The van der Waals surface area contributed by atoms with Crippen LogP contribution in [0.5, 0.6) is 0 Å². The second-order valence-electron chi connectivity index (χ2n) is 11.2. The van der Waals surface area contributed by atoms with E-state index in [4.69, 9.17) is 16.6 Å². The summed E-state index contributed by atoms with van der Waals surface area (Å²) in [5.74, 6) is 1.06. The Kier molecular flexibility index (Phi) is 7.80. The second-order valence-corrected chi connectivity index (χ2v) is 11.6. The number of nitrogens with one attached hydrogen (secondary N) is 1. The first-order valence-electron chi connectivity index (χ1n) is 14.5. The average molecular weight is 579 g/mol. The molecule has 3 aromatic heterocycles. The fourth-order valence-electron chi connectivity index (χ4n) is 5.91. The summed E-state index contributed by atoms with van der Waals surface area (Å²) < 4.78 is 1.68. The molecular weight excluding hydrogens is 544 g/mol. The van der Waals surface area contributed by atoms with Crippen LogP contribution in [0, 0.1) is 13.8 Å². The van der Waals surface area contributed by atoms with Gasteiger partial charge in [-0.05, 0) is 101 Å². The molecule has 1 saturated heterocycles. The summed E-state index contributed by atoms with van der Waals surface area (Å²) in [6, 6.07) is 20.2. The molecule has 1 N–H and O–H groups in total. The Balaban J connectivity index is 1.29. The summed E-state index contributed by atoms with van der Waals surface area (Å²) in [5, 5.41) is 4.60. The van der Waals surface area contributed by atoms with Crippen molar-refractivity contribution in [3.8, 4) is 22.3 Å². The maximum absolute atomic E-state index is 13.7. The van der Waals surface area contributed by atoms with E-state index in [0.29, 0.717) is 40.2 Å². The van der Waals surface area contributed by atoms with Crippen molar-refractivity contribution in [1.29, 1.82) is 0 Å². The summed E-state index contributed by atoms with van der Waals surface area (Å²) in [4.78, 5) is 30.0. The van der Waals surface area contributed by atoms with Gasteiger partial charge < -0.3 is 10.2 Å². The number of nitrogens with zero attached hydrogens (tertiary/aromatic N) is 5. The second kappa shape index (κ2) is 11.7. The van der Waals surface area contributed by atoms with Gasteiger partial charge in [0.1, 0.15) is 5.65 Å². The number of rotatable bonds is 6. The van der Waals surface area contributed by atoms with Gasteiger partial charge in [-0.15, -0.1) is 0 Å². The number of likely N-dealkylation sites (tertiary alicyclic amines) is 1. The highest BCUT2D eigenvalue weighted by molar-refractivity contribution is 6.33. The average Bonchev–Trinajstić information content (AvgIpc) is 2.98. The van der Waals surface area contributed by atoms with Crippen LogP contribution in [0.3, 0.4) is 0 Å². The number of pyridine rings is 2. The summed E-state index contributed by atoms with van der Waals surface area (Å²) >= 11 is 6.79. The Morgan fingerprint density at radius 2 is 1.67 bits per heavy atom. The fraction of sp³-hybridized carbons (Fsp3) is 0.294. The molecule has 1 fully saturated rings. The van der Waals surface area contributed by atoms with Crippen LogP contribution in [0.25, 0.3) is 33.3 Å².